The summed E-state index contributed by atoms with van der Waals surface area (Å²) in [6.07, 6.45) is 3.63. The molecule has 0 aliphatic heterocycles. The molecule has 0 aliphatic rings. The highest BCUT2D eigenvalue weighted by Gasteiger charge is 2.24. The standard InChI is InChI=1S/C30H41N3O6/c1-2-11-25(19-28(36)32-27(21-35)18-23-12-5-3-6-13-23)29(37)33-26(20-34)16-9-10-17-31-30(38)39-22-24-14-7-4-8-15-24/h2-8,12-15,25-27,34-35H,1,9-11,16-22H2,(H,31,38)(H,32,36)(H,33,37)/t25-,26+,27-/m1/s1. The monoisotopic (exact) mass is 539 g/mol. The lowest BCUT2D eigenvalue weighted by Gasteiger charge is -2.22. The van der Waals surface area contributed by atoms with Gasteiger partial charge >= 0.3 is 6.09 Å². The average molecular weight is 540 g/mol. The van der Waals surface area contributed by atoms with Crippen LogP contribution in [0.15, 0.2) is 73.3 Å². The molecular formula is C30H41N3O6. The molecule has 9 heteroatoms. The van der Waals surface area contributed by atoms with Crippen LogP contribution in [0.25, 0.3) is 0 Å². The number of alkyl carbamates (subject to hydrolysis) is 1. The maximum Gasteiger partial charge on any atom is 0.407 e. The maximum atomic E-state index is 12.9. The number of hydrogen-bond donors (Lipinski definition) is 5. The van der Waals surface area contributed by atoms with E-state index in [2.05, 4.69) is 22.5 Å². The van der Waals surface area contributed by atoms with Gasteiger partial charge in [0.25, 0.3) is 0 Å². The molecule has 0 radical (unpaired) electrons. The van der Waals surface area contributed by atoms with Gasteiger partial charge in [-0.3, -0.25) is 9.59 Å². The van der Waals surface area contributed by atoms with Gasteiger partial charge < -0.3 is 30.9 Å². The van der Waals surface area contributed by atoms with Crippen LogP contribution in [0, 0.1) is 5.92 Å². The number of benzene rings is 2. The molecule has 0 aliphatic carbocycles. The summed E-state index contributed by atoms with van der Waals surface area (Å²) < 4.78 is 5.17. The van der Waals surface area contributed by atoms with Crippen molar-refractivity contribution >= 4 is 17.9 Å². The van der Waals surface area contributed by atoms with Crippen molar-refractivity contribution in [3.8, 4) is 0 Å². The number of carbonyl (C=O) groups is 3. The van der Waals surface area contributed by atoms with E-state index in [4.69, 9.17) is 4.74 Å². The first-order chi connectivity index (χ1) is 18.9. The Morgan fingerprint density at radius 2 is 1.51 bits per heavy atom. The van der Waals surface area contributed by atoms with Crippen LogP contribution in [0.1, 0.15) is 43.2 Å². The van der Waals surface area contributed by atoms with Crippen LogP contribution < -0.4 is 16.0 Å². The molecule has 0 bridgehead atoms. The molecule has 212 valence electrons. The van der Waals surface area contributed by atoms with Gasteiger partial charge in [0.15, 0.2) is 0 Å². The normalized spacial score (nSPS) is 13.0. The molecule has 0 saturated carbocycles. The third-order valence-electron chi connectivity index (χ3n) is 6.19. The first-order valence-electron chi connectivity index (χ1n) is 13.4. The highest BCUT2D eigenvalue weighted by atomic mass is 16.5. The Labute approximate surface area is 230 Å². The number of carbonyl (C=O) groups excluding carboxylic acids is 3. The van der Waals surface area contributed by atoms with Crippen LogP contribution in [0.2, 0.25) is 0 Å². The van der Waals surface area contributed by atoms with Crippen molar-refractivity contribution < 1.29 is 29.3 Å². The Hall–Kier alpha value is -3.69. The molecule has 0 saturated heterocycles. The van der Waals surface area contributed by atoms with Gasteiger partial charge in [0.2, 0.25) is 11.8 Å². The van der Waals surface area contributed by atoms with Gasteiger partial charge in [0.05, 0.1) is 31.2 Å². The molecule has 0 unspecified atom stereocenters. The van der Waals surface area contributed by atoms with Crippen LogP contribution >= 0.6 is 0 Å². The number of ether oxygens (including phenoxy) is 1. The van der Waals surface area contributed by atoms with E-state index in [1.165, 1.54) is 0 Å². The molecule has 2 rings (SSSR count). The Kier molecular flexibility index (Phi) is 15.0. The average Bonchev–Trinajstić information content (AvgIpc) is 2.95. The minimum absolute atomic E-state index is 0.0592. The molecule has 0 aromatic heterocycles. The Morgan fingerprint density at radius 1 is 0.872 bits per heavy atom. The van der Waals surface area contributed by atoms with Crippen LogP contribution in [0.4, 0.5) is 4.79 Å². The SMILES string of the molecule is C=CC[C@H](CC(=O)N[C@@H](CO)Cc1ccccc1)C(=O)N[C@H](CO)CCCCNC(=O)OCc1ccccc1. The molecule has 0 heterocycles. The first kappa shape index (κ1) is 31.5. The highest BCUT2D eigenvalue weighted by molar-refractivity contribution is 5.86. The summed E-state index contributed by atoms with van der Waals surface area (Å²) in [6, 6.07) is 18.0. The third kappa shape index (κ3) is 13.1. The molecule has 2 aromatic carbocycles. The van der Waals surface area contributed by atoms with E-state index in [0.29, 0.717) is 38.6 Å². The number of unbranched alkanes of at least 4 members (excludes halogenated alkanes) is 1. The summed E-state index contributed by atoms with van der Waals surface area (Å²) in [6.45, 7) is 3.84. The van der Waals surface area contributed by atoms with Crippen LogP contribution in [-0.2, 0) is 27.4 Å². The summed E-state index contributed by atoms with van der Waals surface area (Å²) in [5.41, 5.74) is 1.89. The third-order valence-corrected chi connectivity index (χ3v) is 6.19. The molecule has 2 aromatic rings. The lowest BCUT2D eigenvalue weighted by atomic mass is 9.98. The van der Waals surface area contributed by atoms with Crippen LogP contribution in [0.3, 0.4) is 0 Å². The molecule has 3 amide bonds. The van der Waals surface area contributed by atoms with E-state index in [1.807, 2.05) is 60.7 Å². The Morgan fingerprint density at radius 3 is 2.13 bits per heavy atom. The van der Waals surface area contributed by atoms with E-state index in [9.17, 15) is 24.6 Å². The number of aliphatic hydroxyl groups excluding tert-OH is 2. The van der Waals surface area contributed by atoms with Gasteiger partial charge in [-0.1, -0.05) is 66.7 Å². The van der Waals surface area contributed by atoms with Crippen molar-refractivity contribution in [3.63, 3.8) is 0 Å². The zero-order valence-electron chi connectivity index (χ0n) is 22.4. The van der Waals surface area contributed by atoms with Crippen LogP contribution in [-0.4, -0.2) is 60.0 Å². The van der Waals surface area contributed by atoms with Crippen molar-refractivity contribution in [1.82, 2.24) is 16.0 Å². The maximum absolute atomic E-state index is 12.9. The molecule has 39 heavy (non-hydrogen) atoms. The minimum Gasteiger partial charge on any atom is -0.445 e. The summed E-state index contributed by atoms with van der Waals surface area (Å²) in [5.74, 6) is -1.32. The first-order valence-corrected chi connectivity index (χ1v) is 13.4. The predicted octanol–water partition coefficient (Wildman–Crippen LogP) is 2.86. The fourth-order valence-corrected chi connectivity index (χ4v) is 4.06. The lowest BCUT2D eigenvalue weighted by molar-refractivity contribution is -0.131. The zero-order chi connectivity index (χ0) is 28.3. The second-order valence-corrected chi connectivity index (χ2v) is 9.43. The molecule has 0 spiro atoms. The summed E-state index contributed by atoms with van der Waals surface area (Å²) in [7, 11) is 0. The largest absolute Gasteiger partial charge is 0.445 e. The topological polar surface area (TPSA) is 137 Å². The fourth-order valence-electron chi connectivity index (χ4n) is 4.06. The molecule has 5 N–H and O–H groups in total. The Balaban J connectivity index is 1.71. The quantitative estimate of drug-likeness (QED) is 0.146. The summed E-state index contributed by atoms with van der Waals surface area (Å²) in [5, 5.41) is 27.8. The van der Waals surface area contributed by atoms with Gasteiger partial charge in [-0.05, 0) is 43.2 Å². The Bertz CT molecular complexity index is 1000. The number of allylic oxidation sites excluding steroid dienone is 1. The van der Waals surface area contributed by atoms with Gasteiger partial charge in [-0.2, -0.15) is 0 Å². The number of aliphatic hydroxyl groups is 2. The van der Waals surface area contributed by atoms with Crippen molar-refractivity contribution in [2.24, 2.45) is 5.92 Å². The van der Waals surface area contributed by atoms with E-state index in [-0.39, 0.29) is 38.1 Å². The van der Waals surface area contributed by atoms with E-state index >= 15 is 0 Å². The number of nitrogens with one attached hydrogen (secondary N) is 3. The van der Waals surface area contributed by atoms with Gasteiger partial charge in [0.1, 0.15) is 6.61 Å². The second kappa shape index (κ2) is 18.5. The summed E-state index contributed by atoms with van der Waals surface area (Å²) >= 11 is 0. The van der Waals surface area contributed by atoms with E-state index in [0.717, 1.165) is 11.1 Å². The smallest absolute Gasteiger partial charge is 0.407 e. The van der Waals surface area contributed by atoms with Gasteiger partial charge in [-0.15, -0.1) is 6.58 Å². The van der Waals surface area contributed by atoms with Crippen LogP contribution in [0.5, 0.6) is 0 Å². The lowest BCUT2D eigenvalue weighted by Crippen LogP contribution is -2.44. The number of hydrogen-bond acceptors (Lipinski definition) is 6. The number of amides is 3. The van der Waals surface area contributed by atoms with Crippen molar-refractivity contribution in [1.29, 1.82) is 0 Å². The molecule has 0 fully saturated rings. The van der Waals surface area contributed by atoms with E-state index in [1.54, 1.807) is 6.08 Å². The van der Waals surface area contributed by atoms with Crippen molar-refractivity contribution in [2.75, 3.05) is 19.8 Å². The zero-order valence-corrected chi connectivity index (χ0v) is 22.4. The van der Waals surface area contributed by atoms with Crippen molar-refractivity contribution in [3.05, 3.63) is 84.4 Å². The predicted molar refractivity (Wildman–Crippen MR) is 150 cm³/mol. The highest BCUT2D eigenvalue weighted by Crippen LogP contribution is 2.12. The summed E-state index contributed by atoms with van der Waals surface area (Å²) in [4.78, 5) is 37.4. The molecule has 9 nitrogen and oxygen atoms in total. The van der Waals surface area contributed by atoms with Crippen molar-refractivity contribution in [2.45, 2.75) is 57.2 Å². The number of rotatable bonds is 18. The van der Waals surface area contributed by atoms with Gasteiger partial charge in [0, 0.05) is 13.0 Å². The fraction of sp³-hybridized carbons (Fsp3) is 0.433. The van der Waals surface area contributed by atoms with E-state index < -0.39 is 24.1 Å². The molecular weight excluding hydrogens is 498 g/mol. The second-order valence-electron chi connectivity index (χ2n) is 9.43. The molecule has 3 atom stereocenters. The minimum atomic E-state index is -0.645. The van der Waals surface area contributed by atoms with Gasteiger partial charge in [-0.25, -0.2) is 4.79 Å².